The lowest BCUT2D eigenvalue weighted by Crippen LogP contribution is -1.98. The second-order valence-corrected chi connectivity index (χ2v) is 12.9. The maximum atomic E-state index is 4.98. The van der Waals surface area contributed by atoms with Crippen LogP contribution in [0.2, 0.25) is 0 Å². The summed E-state index contributed by atoms with van der Waals surface area (Å²) in [5.74, 6) is 0. The van der Waals surface area contributed by atoms with E-state index in [2.05, 4.69) is 157 Å². The molecular weight excluding hydrogens is 621 g/mol. The molecule has 0 atom stereocenters. The van der Waals surface area contributed by atoms with Crippen LogP contribution in [0.25, 0.3) is 93.5 Å². The van der Waals surface area contributed by atoms with Crippen molar-refractivity contribution in [2.45, 2.75) is 0 Å². The van der Waals surface area contributed by atoms with Gasteiger partial charge in [-0.2, -0.15) is 4.80 Å². The van der Waals surface area contributed by atoms with Crippen LogP contribution in [0.15, 0.2) is 182 Å². The molecule has 0 saturated carbocycles. The van der Waals surface area contributed by atoms with E-state index in [1.165, 1.54) is 60.1 Å². The quantitative estimate of drug-likeness (QED) is 0.174. The Morgan fingerprint density at radius 2 is 0.961 bits per heavy atom. The molecule has 10 aromatic rings. The number of pyridine rings is 1. The molecule has 0 spiro atoms. The van der Waals surface area contributed by atoms with Crippen molar-refractivity contribution in [1.29, 1.82) is 0 Å². The van der Waals surface area contributed by atoms with Crippen LogP contribution in [0.1, 0.15) is 0 Å². The highest BCUT2D eigenvalue weighted by atomic mass is 15.5. The molecule has 2 heterocycles. The van der Waals surface area contributed by atoms with Gasteiger partial charge in [0.25, 0.3) is 0 Å². The van der Waals surface area contributed by atoms with Crippen molar-refractivity contribution in [2.24, 2.45) is 0 Å². The van der Waals surface area contributed by atoms with Crippen LogP contribution in [-0.4, -0.2) is 20.0 Å². The molecule has 0 amide bonds. The number of nitrogens with zero attached hydrogens (tertiary/aromatic N) is 4. The van der Waals surface area contributed by atoms with Crippen molar-refractivity contribution < 1.29 is 0 Å². The van der Waals surface area contributed by atoms with Crippen molar-refractivity contribution in [3.05, 3.63) is 182 Å². The Balaban J connectivity index is 1.13. The summed E-state index contributed by atoms with van der Waals surface area (Å²) in [6.07, 6.45) is 3.66. The van der Waals surface area contributed by atoms with Crippen LogP contribution in [0.3, 0.4) is 0 Å². The predicted octanol–water partition coefficient (Wildman–Crippen LogP) is 11.9. The maximum absolute atomic E-state index is 4.98. The van der Waals surface area contributed by atoms with Crippen molar-refractivity contribution in [1.82, 2.24) is 20.0 Å². The molecule has 2 aromatic heterocycles. The van der Waals surface area contributed by atoms with E-state index in [0.717, 1.165) is 33.4 Å². The van der Waals surface area contributed by atoms with E-state index in [1.54, 1.807) is 11.0 Å². The van der Waals surface area contributed by atoms with Gasteiger partial charge in [-0.3, -0.25) is 4.98 Å². The normalized spacial score (nSPS) is 11.5. The monoisotopic (exact) mass is 650 g/mol. The number of fused-ring (bicyclic) bond motifs is 4. The fourth-order valence-corrected chi connectivity index (χ4v) is 7.60. The highest BCUT2D eigenvalue weighted by Crippen LogP contribution is 2.44. The number of hydrogen-bond donors (Lipinski definition) is 0. The third-order valence-corrected chi connectivity index (χ3v) is 9.92. The largest absolute Gasteiger partial charge is 0.264 e. The number of benzene rings is 8. The Morgan fingerprint density at radius 1 is 0.373 bits per heavy atom. The summed E-state index contributed by atoms with van der Waals surface area (Å²) in [6.45, 7) is 0. The number of hydrogen-bond acceptors (Lipinski definition) is 3. The van der Waals surface area contributed by atoms with Gasteiger partial charge in [-0.15, -0.1) is 10.2 Å². The molecular formula is C47H30N4. The molecule has 4 heteroatoms. The van der Waals surface area contributed by atoms with Crippen molar-refractivity contribution in [3.8, 4) is 50.2 Å². The molecule has 0 saturated heterocycles. The topological polar surface area (TPSA) is 43.6 Å². The van der Waals surface area contributed by atoms with Crippen molar-refractivity contribution in [2.75, 3.05) is 0 Å². The molecule has 10 rings (SSSR count). The van der Waals surface area contributed by atoms with Gasteiger partial charge >= 0.3 is 0 Å². The lowest BCUT2D eigenvalue weighted by molar-refractivity contribution is 0.766. The Kier molecular flexibility index (Phi) is 6.78. The van der Waals surface area contributed by atoms with Crippen LogP contribution in [0, 0.1) is 0 Å². The minimum Gasteiger partial charge on any atom is -0.264 e. The van der Waals surface area contributed by atoms with Crippen LogP contribution in [-0.2, 0) is 0 Å². The first-order valence-corrected chi connectivity index (χ1v) is 17.2. The van der Waals surface area contributed by atoms with Gasteiger partial charge in [0.15, 0.2) is 0 Å². The molecule has 0 aliphatic heterocycles. The summed E-state index contributed by atoms with van der Waals surface area (Å²) in [5.41, 5.74) is 11.9. The second-order valence-electron chi connectivity index (χ2n) is 12.9. The predicted molar refractivity (Wildman–Crippen MR) is 211 cm³/mol. The van der Waals surface area contributed by atoms with Gasteiger partial charge in [-0.05, 0) is 108 Å². The molecule has 8 aromatic carbocycles. The van der Waals surface area contributed by atoms with Gasteiger partial charge in [-0.1, -0.05) is 133 Å². The minimum atomic E-state index is 0.847. The zero-order valence-corrected chi connectivity index (χ0v) is 27.6. The molecule has 0 unspecified atom stereocenters. The summed E-state index contributed by atoms with van der Waals surface area (Å²) in [7, 11) is 0. The average Bonchev–Trinajstić information content (AvgIpc) is 3.64. The van der Waals surface area contributed by atoms with E-state index >= 15 is 0 Å². The lowest BCUT2D eigenvalue weighted by Gasteiger charge is -2.18. The van der Waals surface area contributed by atoms with Crippen LogP contribution < -0.4 is 0 Å². The molecule has 238 valence electrons. The first-order chi connectivity index (χ1) is 25.3. The molecule has 4 nitrogen and oxygen atoms in total. The summed E-state index contributed by atoms with van der Waals surface area (Å²) < 4.78 is 0. The van der Waals surface area contributed by atoms with Crippen LogP contribution in [0.4, 0.5) is 0 Å². The van der Waals surface area contributed by atoms with E-state index in [1.807, 2.05) is 24.4 Å². The van der Waals surface area contributed by atoms with E-state index < -0.39 is 0 Å². The third-order valence-electron chi connectivity index (χ3n) is 9.92. The van der Waals surface area contributed by atoms with Crippen LogP contribution >= 0.6 is 0 Å². The van der Waals surface area contributed by atoms with Gasteiger partial charge in [-0.25, -0.2) is 0 Å². The SMILES string of the molecule is c1cncc(-c2cccc(-n3nc4ccc(-c5c6ccccc6c(-c6cccc(-c7cccc8ccccc78)c6)c6ccccc56)cc4n3)c2)c1. The molecule has 0 aliphatic carbocycles. The Labute approximate surface area is 294 Å². The molecule has 0 radical (unpaired) electrons. The van der Waals surface area contributed by atoms with Gasteiger partial charge in [0.2, 0.25) is 0 Å². The summed E-state index contributed by atoms with van der Waals surface area (Å²) in [4.78, 5) is 6.02. The van der Waals surface area contributed by atoms with Crippen molar-refractivity contribution >= 4 is 43.4 Å². The summed E-state index contributed by atoms with van der Waals surface area (Å²) in [6, 6.07) is 60.5. The summed E-state index contributed by atoms with van der Waals surface area (Å²) in [5, 5.41) is 17.2. The van der Waals surface area contributed by atoms with Gasteiger partial charge < -0.3 is 0 Å². The van der Waals surface area contributed by atoms with E-state index in [-0.39, 0.29) is 0 Å². The van der Waals surface area contributed by atoms with Gasteiger partial charge in [0.05, 0.1) is 5.69 Å². The smallest absolute Gasteiger partial charge is 0.114 e. The Hall–Kier alpha value is -6.91. The second kappa shape index (κ2) is 11.9. The summed E-state index contributed by atoms with van der Waals surface area (Å²) >= 11 is 0. The third kappa shape index (κ3) is 4.96. The average molecular weight is 651 g/mol. The van der Waals surface area contributed by atoms with Gasteiger partial charge in [0.1, 0.15) is 11.0 Å². The minimum absolute atomic E-state index is 0.847. The van der Waals surface area contributed by atoms with Crippen LogP contribution in [0.5, 0.6) is 0 Å². The fourth-order valence-electron chi connectivity index (χ4n) is 7.60. The zero-order chi connectivity index (χ0) is 33.7. The van der Waals surface area contributed by atoms with E-state index in [0.29, 0.717) is 0 Å². The Morgan fingerprint density at radius 3 is 1.71 bits per heavy atom. The first-order valence-electron chi connectivity index (χ1n) is 17.2. The standard InChI is InChI=1S/C47H30N4/c1-2-18-38-31(11-1)12-9-23-39(38)33-14-7-15-34(27-33)46-40-19-3-5-21-42(40)47(43-22-6-4-20-41(43)46)35-24-25-44-45(29-35)50-51(49-44)37-17-8-13-32(28-37)36-16-10-26-48-30-36/h1-30H. The maximum Gasteiger partial charge on any atom is 0.114 e. The molecule has 0 fully saturated rings. The Bertz CT molecular complexity index is 2860. The molecule has 0 bridgehead atoms. The highest BCUT2D eigenvalue weighted by molar-refractivity contribution is 6.21. The number of rotatable bonds is 5. The lowest BCUT2D eigenvalue weighted by atomic mass is 9.85. The van der Waals surface area contributed by atoms with Gasteiger partial charge in [0, 0.05) is 18.0 Å². The number of aromatic nitrogens is 4. The molecule has 0 aliphatic rings. The zero-order valence-electron chi connectivity index (χ0n) is 27.6. The van der Waals surface area contributed by atoms with E-state index in [9.17, 15) is 0 Å². The van der Waals surface area contributed by atoms with E-state index in [4.69, 9.17) is 10.2 Å². The van der Waals surface area contributed by atoms with Crippen molar-refractivity contribution in [3.63, 3.8) is 0 Å². The first kappa shape index (κ1) is 29.0. The molecule has 51 heavy (non-hydrogen) atoms. The molecule has 0 N–H and O–H groups in total. The highest BCUT2D eigenvalue weighted by Gasteiger charge is 2.18. The fraction of sp³-hybridized carbons (Fsp3) is 0.